The molecule has 1 heterocycles. The van der Waals surface area contributed by atoms with E-state index in [-0.39, 0.29) is 0 Å². The van der Waals surface area contributed by atoms with Crippen LogP contribution in [0.3, 0.4) is 0 Å². The molecular formula is C12H9ClN2. The molecule has 1 aromatic carbocycles. The van der Waals surface area contributed by atoms with Crippen LogP contribution in [0.1, 0.15) is 5.56 Å². The van der Waals surface area contributed by atoms with Gasteiger partial charge in [0.1, 0.15) is 5.17 Å². The fourth-order valence-electron chi connectivity index (χ4n) is 1.17. The van der Waals surface area contributed by atoms with Crippen molar-refractivity contribution in [1.29, 1.82) is 0 Å². The average Bonchev–Trinajstić information content (AvgIpc) is 2.31. The molecule has 0 aliphatic heterocycles. The zero-order chi connectivity index (χ0) is 10.5. The molecule has 0 unspecified atom stereocenters. The highest BCUT2D eigenvalue weighted by Crippen LogP contribution is 2.14. The van der Waals surface area contributed by atoms with E-state index < -0.39 is 0 Å². The fraction of sp³-hybridized carbons (Fsp3) is 0. The van der Waals surface area contributed by atoms with Crippen LogP contribution < -0.4 is 0 Å². The van der Waals surface area contributed by atoms with Gasteiger partial charge in [0.05, 0.1) is 5.69 Å². The Bertz CT molecular complexity index is 452. The topological polar surface area (TPSA) is 25.2 Å². The number of halogens is 1. The van der Waals surface area contributed by atoms with Gasteiger partial charge < -0.3 is 0 Å². The van der Waals surface area contributed by atoms with Crippen LogP contribution in [0.2, 0.25) is 0 Å². The lowest BCUT2D eigenvalue weighted by molar-refractivity contribution is 1.32. The molecule has 0 fully saturated rings. The number of pyridine rings is 1. The largest absolute Gasteiger partial charge is 0.264 e. The number of hydrogen-bond acceptors (Lipinski definition) is 2. The normalized spacial score (nSPS) is 11.4. The number of rotatable bonds is 2. The molecule has 0 spiro atoms. The summed E-state index contributed by atoms with van der Waals surface area (Å²) in [6.07, 6.45) is 3.39. The summed E-state index contributed by atoms with van der Waals surface area (Å²) < 4.78 is 0. The summed E-state index contributed by atoms with van der Waals surface area (Å²) in [4.78, 5) is 8.25. The monoisotopic (exact) mass is 216 g/mol. The minimum atomic E-state index is 0.453. The summed E-state index contributed by atoms with van der Waals surface area (Å²) >= 11 is 6.05. The average molecular weight is 217 g/mol. The molecule has 0 amide bonds. The maximum atomic E-state index is 6.05. The third-order valence-electron chi connectivity index (χ3n) is 1.88. The molecule has 0 aliphatic rings. The van der Waals surface area contributed by atoms with Crippen LogP contribution in [0.5, 0.6) is 0 Å². The van der Waals surface area contributed by atoms with E-state index in [9.17, 15) is 0 Å². The standard InChI is InChI=1S/C12H9ClN2/c13-12(10-5-4-8-14-9-10)15-11-6-2-1-3-7-11/h1-9H. The molecule has 0 bridgehead atoms. The van der Waals surface area contributed by atoms with E-state index >= 15 is 0 Å². The van der Waals surface area contributed by atoms with Crippen LogP contribution in [0.25, 0.3) is 0 Å². The van der Waals surface area contributed by atoms with Gasteiger partial charge in [-0.2, -0.15) is 0 Å². The first kappa shape index (κ1) is 9.87. The van der Waals surface area contributed by atoms with Gasteiger partial charge in [-0.05, 0) is 24.3 Å². The predicted molar refractivity (Wildman–Crippen MR) is 62.7 cm³/mol. The van der Waals surface area contributed by atoms with E-state index in [0.29, 0.717) is 5.17 Å². The lowest BCUT2D eigenvalue weighted by atomic mass is 10.3. The first-order valence-electron chi connectivity index (χ1n) is 4.56. The van der Waals surface area contributed by atoms with Gasteiger partial charge in [-0.1, -0.05) is 29.8 Å². The molecule has 74 valence electrons. The maximum absolute atomic E-state index is 6.05. The van der Waals surface area contributed by atoms with E-state index in [0.717, 1.165) is 11.3 Å². The zero-order valence-corrected chi connectivity index (χ0v) is 8.72. The predicted octanol–water partition coefficient (Wildman–Crippen LogP) is 3.40. The summed E-state index contributed by atoms with van der Waals surface area (Å²) in [7, 11) is 0. The van der Waals surface area contributed by atoms with Crippen LogP contribution >= 0.6 is 11.6 Å². The Balaban J connectivity index is 2.29. The van der Waals surface area contributed by atoms with Gasteiger partial charge in [-0.25, -0.2) is 4.99 Å². The van der Waals surface area contributed by atoms with Gasteiger partial charge in [0.25, 0.3) is 0 Å². The Morgan fingerprint density at radius 3 is 2.53 bits per heavy atom. The van der Waals surface area contributed by atoms with Crippen LogP contribution in [-0.2, 0) is 0 Å². The molecule has 3 heteroatoms. The minimum absolute atomic E-state index is 0.453. The molecule has 0 saturated heterocycles. The SMILES string of the molecule is ClC(=Nc1ccccc1)c1cccnc1. The molecule has 0 N–H and O–H groups in total. The number of aromatic nitrogens is 1. The second-order valence-corrected chi connectivity index (χ2v) is 3.34. The van der Waals surface area contributed by atoms with Crippen molar-refractivity contribution in [2.24, 2.45) is 4.99 Å². The molecule has 1 aromatic heterocycles. The number of benzene rings is 1. The molecular weight excluding hydrogens is 208 g/mol. The van der Waals surface area contributed by atoms with Crippen LogP contribution in [-0.4, -0.2) is 10.2 Å². The van der Waals surface area contributed by atoms with Gasteiger partial charge in [0, 0.05) is 18.0 Å². The van der Waals surface area contributed by atoms with Gasteiger partial charge >= 0.3 is 0 Å². The van der Waals surface area contributed by atoms with Crippen molar-refractivity contribution >= 4 is 22.5 Å². The van der Waals surface area contributed by atoms with Crippen molar-refractivity contribution in [2.45, 2.75) is 0 Å². The quantitative estimate of drug-likeness (QED) is 0.707. The Morgan fingerprint density at radius 2 is 1.87 bits per heavy atom. The second kappa shape index (κ2) is 4.71. The van der Waals surface area contributed by atoms with E-state index in [4.69, 9.17) is 11.6 Å². The van der Waals surface area contributed by atoms with Crippen molar-refractivity contribution in [3.8, 4) is 0 Å². The highest BCUT2D eigenvalue weighted by atomic mass is 35.5. The maximum Gasteiger partial charge on any atom is 0.138 e. The zero-order valence-electron chi connectivity index (χ0n) is 7.97. The van der Waals surface area contributed by atoms with Crippen LogP contribution in [0.4, 0.5) is 5.69 Å². The summed E-state index contributed by atoms with van der Waals surface area (Å²) in [5.74, 6) is 0. The Labute approximate surface area is 93.3 Å². The molecule has 0 atom stereocenters. The number of aliphatic imine (C=N–C) groups is 1. The van der Waals surface area contributed by atoms with Gasteiger partial charge in [-0.3, -0.25) is 4.98 Å². The molecule has 2 rings (SSSR count). The van der Waals surface area contributed by atoms with E-state index in [2.05, 4.69) is 9.98 Å². The van der Waals surface area contributed by atoms with Crippen molar-refractivity contribution in [2.75, 3.05) is 0 Å². The lowest BCUT2D eigenvalue weighted by Crippen LogP contribution is -1.90. The molecule has 15 heavy (non-hydrogen) atoms. The summed E-state index contributed by atoms with van der Waals surface area (Å²) in [6.45, 7) is 0. The van der Waals surface area contributed by atoms with Crippen molar-refractivity contribution in [3.63, 3.8) is 0 Å². The van der Waals surface area contributed by atoms with Crippen molar-refractivity contribution < 1.29 is 0 Å². The van der Waals surface area contributed by atoms with Crippen LogP contribution in [0.15, 0.2) is 59.9 Å². The number of hydrogen-bond donors (Lipinski definition) is 0. The van der Waals surface area contributed by atoms with E-state index in [1.54, 1.807) is 12.4 Å². The number of para-hydroxylation sites is 1. The Hall–Kier alpha value is -1.67. The first-order valence-corrected chi connectivity index (χ1v) is 4.94. The minimum Gasteiger partial charge on any atom is -0.264 e. The molecule has 2 nitrogen and oxygen atoms in total. The summed E-state index contributed by atoms with van der Waals surface area (Å²) in [5.41, 5.74) is 1.66. The van der Waals surface area contributed by atoms with Crippen LogP contribution in [0, 0.1) is 0 Å². The highest BCUT2D eigenvalue weighted by Gasteiger charge is 1.98. The Morgan fingerprint density at radius 1 is 1.07 bits per heavy atom. The first-order chi connectivity index (χ1) is 7.36. The van der Waals surface area contributed by atoms with E-state index in [1.807, 2.05) is 42.5 Å². The van der Waals surface area contributed by atoms with E-state index in [1.165, 1.54) is 0 Å². The molecule has 0 radical (unpaired) electrons. The lowest BCUT2D eigenvalue weighted by Gasteiger charge is -1.97. The molecule has 0 saturated carbocycles. The summed E-state index contributed by atoms with van der Waals surface area (Å²) in [6, 6.07) is 13.3. The fourth-order valence-corrected chi connectivity index (χ4v) is 1.37. The third kappa shape index (κ3) is 2.64. The van der Waals surface area contributed by atoms with Crippen molar-refractivity contribution in [1.82, 2.24) is 4.98 Å². The van der Waals surface area contributed by atoms with Gasteiger partial charge in [-0.15, -0.1) is 0 Å². The molecule has 2 aromatic rings. The molecule has 0 aliphatic carbocycles. The number of nitrogens with zero attached hydrogens (tertiary/aromatic N) is 2. The second-order valence-electron chi connectivity index (χ2n) is 2.98. The van der Waals surface area contributed by atoms with Crippen molar-refractivity contribution in [3.05, 3.63) is 60.4 Å². The van der Waals surface area contributed by atoms with Gasteiger partial charge in [0.2, 0.25) is 0 Å². The Kier molecular flexibility index (Phi) is 3.10. The smallest absolute Gasteiger partial charge is 0.138 e. The van der Waals surface area contributed by atoms with Gasteiger partial charge in [0.15, 0.2) is 0 Å². The highest BCUT2D eigenvalue weighted by molar-refractivity contribution is 6.69. The summed E-state index contributed by atoms with van der Waals surface area (Å²) in [5, 5.41) is 0.453. The third-order valence-corrected chi connectivity index (χ3v) is 2.19.